The number of tetrazole rings is 1. The van der Waals surface area contributed by atoms with Crippen molar-refractivity contribution in [3.05, 3.63) is 80.9 Å². The highest BCUT2D eigenvalue weighted by molar-refractivity contribution is 5.79. The van der Waals surface area contributed by atoms with Gasteiger partial charge in [0.2, 0.25) is 0 Å². The average molecular weight is 514 g/mol. The zero-order valence-electron chi connectivity index (χ0n) is 22.4. The Balaban J connectivity index is 1.37. The van der Waals surface area contributed by atoms with Gasteiger partial charge in [0.1, 0.15) is 6.04 Å². The minimum atomic E-state index is -0.360. The Kier molecular flexibility index (Phi) is 6.71. The lowest BCUT2D eigenvalue weighted by molar-refractivity contribution is 0.0906. The second kappa shape index (κ2) is 10.3. The predicted octanol–water partition coefficient (Wildman–Crippen LogP) is 3.53. The molecule has 198 valence electrons. The van der Waals surface area contributed by atoms with E-state index >= 15 is 0 Å². The van der Waals surface area contributed by atoms with Gasteiger partial charge in [0.05, 0.1) is 12.6 Å². The molecule has 2 saturated heterocycles. The van der Waals surface area contributed by atoms with E-state index in [4.69, 9.17) is 4.74 Å². The zero-order valence-corrected chi connectivity index (χ0v) is 22.4. The number of aryl methyl sites for hydroxylation is 3. The number of H-pyrrole nitrogens is 1. The molecule has 0 aliphatic carbocycles. The molecule has 2 aliphatic heterocycles. The Morgan fingerprint density at radius 3 is 2.61 bits per heavy atom. The van der Waals surface area contributed by atoms with E-state index in [1.54, 1.807) is 0 Å². The molecule has 0 unspecified atom stereocenters. The van der Waals surface area contributed by atoms with E-state index in [0.29, 0.717) is 17.9 Å². The number of aromatic nitrogens is 5. The van der Waals surface area contributed by atoms with E-state index < -0.39 is 0 Å². The van der Waals surface area contributed by atoms with Crippen LogP contribution in [0.4, 0.5) is 5.69 Å². The summed E-state index contributed by atoms with van der Waals surface area (Å²) in [6, 6.07) is 14.4. The van der Waals surface area contributed by atoms with E-state index in [0.717, 1.165) is 62.1 Å². The van der Waals surface area contributed by atoms with Crippen LogP contribution in [0.5, 0.6) is 0 Å². The SMILES string of the molecule is Cc1ccc(C)c(N2CCN([C@H](c3cc4cc(C)ccc4[nH]c3=O)c3nnnn3C[C@@H]3CCCO3)CC2)c1. The van der Waals surface area contributed by atoms with Gasteiger partial charge >= 0.3 is 0 Å². The lowest BCUT2D eigenvalue weighted by Gasteiger charge is -2.40. The van der Waals surface area contributed by atoms with Crippen molar-refractivity contribution in [1.29, 1.82) is 0 Å². The number of piperazine rings is 1. The maximum Gasteiger partial charge on any atom is 0.253 e. The number of nitrogens with one attached hydrogen (secondary N) is 1. The lowest BCUT2D eigenvalue weighted by atomic mass is 10.0. The molecule has 9 heteroatoms. The minimum absolute atomic E-state index is 0.0941. The van der Waals surface area contributed by atoms with E-state index in [2.05, 4.69) is 75.3 Å². The molecule has 0 radical (unpaired) electrons. The van der Waals surface area contributed by atoms with Crippen LogP contribution in [-0.4, -0.2) is 69.0 Å². The highest BCUT2D eigenvalue weighted by Gasteiger charge is 2.33. The number of fused-ring (bicyclic) bond motifs is 1. The van der Waals surface area contributed by atoms with Gasteiger partial charge in [0.25, 0.3) is 5.56 Å². The maximum absolute atomic E-state index is 13.5. The number of aromatic amines is 1. The van der Waals surface area contributed by atoms with Crippen molar-refractivity contribution >= 4 is 16.6 Å². The summed E-state index contributed by atoms with van der Waals surface area (Å²) in [5.74, 6) is 0.693. The topological polar surface area (TPSA) is 92.2 Å². The Labute approximate surface area is 222 Å². The van der Waals surface area contributed by atoms with Crippen LogP contribution in [0.15, 0.2) is 47.3 Å². The van der Waals surface area contributed by atoms with Gasteiger partial charge in [0.15, 0.2) is 5.82 Å². The molecule has 9 nitrogen and oxygen atoms in total. The van der Waals surface area contributed by atoms with E-state index in [1.165, 1.54) is 16.8 Å². The number of rotatable bonds is 6. The molecule has 2 aliphatic rings. The smallest absolute Gasteiger partial charge is 0.253 e. The van der Waals surface area contributed by atoms with Gasteiger partial charge in [0, 0.05) is 49.6 Å². The summed E-state index contributed by atoms with van der Waals surface area (Å²) in [7, 11) is 0. The van der Waals surface area contributed by atoms with Crippen molar-refractivity contribution in [2.75, 3.05) is 37.7 Å². The van der Waals surface area contributed by atoms with Crippen molar-refractivity contribution in [1.82, 2.24) is 30.1 Å². The fourth-order valence-corrected chi connectivity index (χ4v) is 5.84. The summed E-state index contributed by atoms with van der Waals surface area (Å²) in [5.41, 5.74) is 6.38. The van der Waals surface area contributed by atoms with Crippen LogP contribution in [0.2, 0.25) is 0 Å². The minimum Gasteiger partial charge on any atom is -0.376 e. The van der Waals surface area contributed by atoms with Crippen molar-refractivity contribution in [3.63, 3.8) is 0 Å². The van der Waals surface area contributed by atoms with Crippen LogP contribution in [0.1, 0.15) is 47.0 Å². The molecule has 4 aromatic rings. The van der Waals surface area contributed by atoms with Crippen molar-refractivity contribution in [2.24, 2.45) is 0 Å². The van der Waals surface area contributed by atoms with Gasteiger partial charge < -0.3 is 14.6 Å². The van der Waals surface area contributed by atoms with Crippen LogP contribution in [0.25, 0.3) is 10.9 Å². The molecule has 2 fully saturated rings. The van der Waals surface area contributed by atoms with Gasteiger partial charge in [-0.05, 0) is 84.8 Å². The Morgan fingerprint density at radius 1 is 1.03 bits per heavy atom. The van der Waals surface area contributed by atoms with Gasteiger partial charge in [-0.15, -0.1) is 5.10 Å². The third-order valence-electron chi connectivity index (χ3n) is 7.91. The molecule has 1 N–H and O–H groups in total. The monoisotopic (exact) mass is 513 g/mol. The quantitative estimate of drug-likeness (QED) is 0.422. The summed E-state index contributed by atoms with van der Waals surface area (Å²) in [6.07, 6.45) is 2.14. The van der Waals surface area contributed by atoms with Crippen molar-refractivity contribution in [3.8, 4) is 0 Å². The summed E-state index contributed by atoms with van der Waals surface area (Å²) in [5, 5.41) is 13.9. The molecule has 2 aromatic carbocycles. The van der Waals surface area contributed by atoms with Crippen LogP contribution in [0, 0.1) is 20.8 Å². The van der Waals surface area contributed by atoms with E-state index in [-0.39, 0.29) is 17.7 Å². The summed E-state index contributed by atoms with van der Waals surface area (Å²) in [6.45, 7) is 11.0. The van der Waals surface area contributed by atoms with E-state index in [9.17, 15) is 4.79 Å². The number of ether oxygens (including phenoxy) is 1. The molecular formula is C29H35N7O2. The fraction of sp³-hybridized carbons (Fsp3) is 0.448. The molecule has 0 amide bonds. The Bertz CT molecular complexity index is 1500. The molecular weight excluding hydrogens is 478 g/mol. The largest absolute Gasteiger partial charge is 0.376 e. The van der Waals surface area contributed by atoms with Gasteiger partial charge in [-0.1, -0.05) is 23.8 Å². The Hall–Kier alpha value is -3.56. The van der Waals surface area contributed by atoms with Crippen molar-refractivity contribution in [2.45, 2.75) is 52.3 Å². The molecule has 2 atom stereocenters. The predicted molar refractivity (Wildman–Crippen MR) is 148 cm³/mol. The molecule has 0 bridgehead atoms. The highest BCUT2D eigenvalue weighted by Crippen LogP contribution is 2.30. The number of hydrogen-bond donors (Lipinski definition) is 1. The van der Waals surface area contributed by atoms with Gasteiger partial charge in [-0.3, -0.25) is 9.69 Å². The maximum atomic E-state index is 13.5. The number of hydrogen-bond acceptors (Lipinski definition) is 7. The molecule has 6 rings (SSSR count). The number of nitrogens with zero attached hydrogens (tertiary/aromatic N) is 6. The summed E-state index contributed by atoms with van der Waals surface area (Å²) in [4.78, 5) is 21.4. The zero-order chi connectivity index (χ0) is 26.2. The van der Waals surface area contributed by atoms with Crippen molar-refractivity contribution < 1.29 is 4.74 Å². The van der Waals surface area contributed by atoms with Crippen LogP contribution < -0.4 is 10.5 Å². The summed E-state index contributed by atoms with van der Waals surface area (Å²) < 4.78 is 7.73. The highest BCUT2D eigenvalue weighted by atomic mass is 16.5. The third kappa shape index (κ3) is 4.83. The first-order chi connectivity index (χ1) is 18.5. The molecule has 0 spiro atoms. The normalized spacial score (nSPS) is 19.3. The van der Waals surface area contributed by atoms with Gasteiger partial charge in [-0.2, -0.15) is 0 Å². The lowest BCUT2D eigenvalue weighted by Crippen LogP contribution is -2.49. The average Bonchev–Trinajstić information content (AvgIpc) is 3.60. The van der Waals surface area contributed by atoms with Crippen LogP contribution >= 0.6 is 0 Å². The third-order valence-corrected chi connectivity index (χ3v) is 7.91. The van der Waals surface area contributed by atoms with Crippen LogP contribution in [-0.2, 0) is 11.3 Å². The second-order valence-corrected chi connectivity index (χ2v) is 10.7. The number of benzene rings is 2. The van der Waals surface area contributed by atoms with E-state index in [1.807, 2.05) is 22.9 Å². The first-order valence-electron chi connectivity index (χ1n) is 13.5. The number of anilines is 1. The molecule has 4 heterocycles. The molecule has 0 saturated carbocycles. The Morgan fingerprint density at radius 2 is 1.82 bits per heavy atom. The summed E-state index contributed by atoms with van der Waals surface area (Å²) >= 11 is 0. The standard InChI is InChI=1S/C29H35N7O2/c1-19-7-9-25-22(15-19)17-24(29(37)30-25)27(28-31-32-33-36(28)18-23-5-4-14-38-23)35-12-10-34(11-13-35)26-16-20(2)6-8-21(26)3/h6-9,15-17,23,27H,4-5,10-14,18H2,1-3H3,(H,30,37)/t23-,27+/m0/s1. The first-order valence-corrected chi connectivity index (χ1v) is 13.5. The second-order valence-electron chi connectivity index (χ2n) is 10.7. The number of pyridine rings is 1. The van der Waals surface area contributed by atoms with Crippen LogP contribution in [0.3, 0.4) is 0 Å². The fourth-order valence-electron chi connectivity index (χ4n) is 5.84. The first kappa shape index (κ1) is 24.8. The van der Waals surface area contributed by atoms with Gasteiger partial charge in [-0.25, -0.2) is 4.68 Å². The molecule has 38 heavy (non-hydrogen) atoms. The molecule has 2 aromatic heterocycles.